The molecule has 1 aromatic rings. The summed E-state index contributed by atoms with van der Waals surface area (Å²) in [5.41, 5.74) is 7.51. The Kier molecular flexibility index (Phi) is 6.54. The van der Waals surface area contributed by atoms with E-state index in [9.17, 15) is 4.79 Å². The van der Waals surface area contributed by atoms with Gasteiger partial charge in [0.15, 0.2) is 0 Å². The minimum atomic E-state index is -0.0472. The molecule has 18 heavy (non-hydrogen) atoms. The normalized spacial score (nSPS) is 12.2. The van der Waals surface area contributed by atoms with Crippen LogP contribution in [0.3, 0.4) is 0 Å². The molecule has 0 bridgehead atoms. The van der Waals surface area contributed by atoms with Crippen molar-refractivity contribution >= 4 is 35.0 Å². The first kappa shape index (κ1) is 15.3. The van der Waals surface area contributed by atoms with Gasteiger partial charge >= 0.3 is 0 Å². The molecular formula is C13H19ClN2OS. The number of thioether (sulfide) groups is 1. The van der Waals surface area contributed by atoms with Crippen LogP contribution < -0.4 is 11.1 Å². The lowest BCUT2D eigenvalue weighted by Gasteiger charge is -2.09. The van der Waals surface area contributed by atoms with E-state index in [1.54, 1.807) is 11.8 Å². The number of nitrogens with one attached hydrogen (secondary N) is 1. The van der Waals surface area contributed by atoms with E-state index in [4.69, 9.17) is 17.3 Å². The SMILES string of the molecule is CCC(N)CSCC(=O)Nc1ccc(C)cc1Cl. The van der Waals surface area contributed by atoms with Gasteiger partial charge in [-0.25, -0.2) is 0 Å². The van der Waals surface area contributed by atoms with Crippen LogP contribution in [-0.4, -0.2) is 23.5 Å². The van der Waals surface area contributed by atoms with Crippen LogP contribution in [0, 0.1) is 6.92 Å². The van der Waals surface area contributed by atoms with Crippen LogP contribution in [0.5, 0.6) is 0 Å². The highest BCUT2D eigenvalue weighted by atomic mass is 35.5. The average molecular weight is 287 g/mol. The average Bonchev–Trinajstić information content (AvgIpc) is 2.32. The third-order valence-electron chi connectivity index (χ3n) is 2.49. The van der Waals surface area contributed by atoms with E-state index in [1.807, 2.05) is 32.0 Å². The highest BCUT2D eigenvalue weighted by Gasteiger charge is 2.07. The zero-order valence-electron chi connectivity index (χ0n) is 10.7. The van der Waals surface area contributed by atoms with Crippen LogP contribution in [0.2, 0.25) is 5.02 Å². The maximum atomic E-state index is 11.7. The van der Waals surface area contributed by atoms with Crippen LogP contribution in [0.15, 0.2) is 18.2 Å². The van der Waals surface area contributed by atoms with E-state index in [-0.39, 0.29) is 11.9 Å². The molecule has 0 aliphatic carbocycles. The minimum Gasteiger partial charge on any atom is -0.327 e. The molecule has 0 aliphatic heterocycles. The lowest BCUT2D eigenvalue weighted by molar-refractivity contribution is -0.113. The quantitative estimate of drug-likeness (QED) is 0.845. The van der Waals surface area contributed by atoms with Gasteiger partial charge in [0.25, 0.3) is 0 Å². The molecule has 3 nitrogen and oxygen atoms in total. The molecule has 0 aromatic heterocycles. The van der Waals surface area contributed by atoms with Crippen molar-refractivity contribution in [2.45, 2.75) is 26.3 Å². The maximum Gasteiger partial charge on any atom is 0.234 e. The molecule has 0 saturated carbocycles. The number of benzene rings is 1. The first-order valence-corrected chi connectivity index (χ1v) is 7.45. The first-order valence-electron chi connectivity index (χ1n) is 5.92. The van der Waals surface area contributed by atoms with E-state index in [0.29, 0.717) is 16.5 Å². The molecule has 3 N–H and O–H groups in total. The smallest absolute Gasteiger partial charge is 0.234 e. The van der Waals surface area contributed by atoms with E-state index >= 15 is 0 Å². The molecule has 100 valence electrons. The van der Waals surface area contributed by atoms with Crippen molar-refractivity contribution in [3.05, 3.63) is 28.8 Å². The Balaban J connectivity index is 2.40. The monoisotopic (exact) mass is 286 g/mol. The fraction of sp³-hybridized carbons (Fsp3) is 0.462. The Morgan fingerprint density at radius 3 is 2.89 bits per heavy atom. The topological polar surface area (TPSA) is 55.1 Å². The lowest BCUT2D eigenvalue weighted by atomic mass is 10.2. The minimum absolute atomic E-state index is 0.0472. The molecule has 0 heterocycles. The molecule has 1 atom stereocenters. The number of hydrogen-bond donors (Lipinski definition) is 2. The van der Waals surface area contributed by atoms with Crippen LogP contribution in [0.25, 0.3) is 0 Å². The number of nitrogens with two attached hydrogens (primary N) is 1. The summed E-state index contributed by atoms with van der Waals surface area (Å²) in [6, 6.07) is 5.72. The van der Waals surface area contributed by atoms with Crippen molar-refractivity contribution in [3.63, 3.8) is 0 Å². The standard InChI is InChI=1S/C13H19ClN2OS/c1-3-10(15)7-18-8-13(17)16-12-5-4-9(2)6-11(12)14/h4-6,10H,3,7-8,15H2,1-2H3,(H,16,17). The second kappa shape index (κ2) is 7.67. The molecular weight excluding hydrogens is 268 g/mol. The summed E-state index contributed by atoms with van der Waals surface area (Å²) in [4.78, 5) is 11.7. The van der Waals surface area contributed by atoms with Gasteiger partial charge in [-0.2, -0.15) is 11.8 Å². The number of carbonyl (C=O) groups excluding carboxylic acids is 1. The Morgan fingerprint density at radius 2 is 2.28 bits per heavy atom. The van der Waals surface area contributed by atoms with Gasteiger partial charge < -0.3 is 11.1 Å². The first-order chi connectivity index (χ1) is 8.52. The van der Waals surface area contributed by atoms with Gasteiger partial charge in [-0.3, -0.25) is 4.79 Å². The number of aryl methyl sites for hydroxylation is 1. The third-order valence-corrected chi connectivity index (χ3v) is 3.93. The molecule has 0 spiro atoms. The highest BCUT2D eigenvalue weighted by molar-refractivity contribution is 8.00. The summed E-state index contributed by atoms with van der Waals surface area (Å²) in [5.74, 6) is 1.15. The molecule has 5 heteroatoms. The molecule has 0 fully saturated rings. The van der Waals surface area contributed by atoms with Crippen molar-refractivity contribution in [2.75, 3.05) is 16.8 Å². The summed E-state index contributed by atoms with van der Waals surface area (Å²) in [6.45, 7) is 4.00. The third kappa shape index (κ3) is 5.29. The molecule has 1 aromatic carbocycles. The molecule has 0 aliphatic rings. The van der Waals surface area contributed by atoms with Gasteiger partial charge in [0.05, 0.1) is 16.5 Å². The fourth-order valence-corrected chi connectivity index (χ4v) is 2.52. The number of halogens is 1. The van der Waals surface area contributed by atoms with Crippen LogP contribution in [0.4, 0.5) is 5.69 Å². The summed E-state index contributed by atoms with van der Waals surface area (Å²) < 4.78 is 0. The van der Waals surface area contributed by atoms with Crippen molar-refractivity contribution in [1.29, 1.82) is 0 Å². The van der Waals surface area contributed by atoms with Crippen molar-refractivity contribution in [2.24, 2.45) is 5.73 Å². The number of hydrogen-bond acceptors (Lipinski definition) is 3. The Morgan fingerprint density at radius 1 is 1.56 bits per heavy atom. The van der Waals surface area contributed by atoms with E-state index in [2.05, 4.69) is 5.32 Å². The van der Waals surface area contributed by atoms with Gasteiger partial charge in [-0.15, -0.1) is 0 Å². The van der Waals surface area contributed by atoms with Crippen molar-refractivity contribution < 1.29 is 4.79 Å². The Hall–Kier alpha value is -0.710. The zero-order chi connectivity index (χ0) is 13.5. The van der Waals surface area contributed by atoms with E-state index in [0.717, 1.165) is 17.7 Å². The van der Waals surface area contributed by atoms with Crippen molar-refractivity contribution in [3.8, 4) is 0 Å². The summed E-state index contributed by atoms with van der Waals surface area (Å²) in [7, 11) is 0. The van der Waals surface area contributed by atoms with Crippen molar-refractivity contribution in [1.82, 2.24) is 0 Å². The number of carbonyl (C=O) groups is 1. The molecule has 0 saturated heterocycles. The molecule has 0 radical (unpaired) electrons. The molecule has 1 unspecified atom stereocenters. The van der Waals surface area contributed by atoms with Gasteiger partial charge in [-0.1, -0.05) is 24.6 Å². The highest BCUT2D eigenvalue weighted by Crippen LogP contribution is 2.22. The second-order valence-corrected chi connectivity index (χ2v) is 5.65. The predicted octanol–water partition coefficient (Wildman–Crippen LogP) is 3.06. The second-order valence-electron chi connectivity index (χ2n) is 4.21. The van der Waals surface area contributed by atoms with Crippen LogP contribution in [0.1, 0.15) is 18.9 Å². The predicted molar refractivity (Wildman–Crippen MR) is 80.4 cm³/mol. The number of anilines is 1. The van der Waals surface area contributed by atoms with E-state index < -0.39 is 0 Å². The van der Waals surface area contributed by atoms with Crippen LogP contribution in [-0.2, 0) is 4.79 Å². The van der Waals surface area contributed by atoms with Gasteiger partial charge in [0.1, 0.15) is 0 Å². The summed E-state index contributed by atoms with van der Waals surface area (Å²) in [5, 5.41) is 3.36. The fourth-order valence-electron chi connectivity index (χ4n) is 1.33. The summed E-state index contributed by atoms with van der Waals surface area (Å²) >= 11 is 7.58. The zero-order valence-corrected chi connectivity index (χ0v) is 12.3. The largest absolute Gasteiger partial charge is 0.327 e. The van der Waals surface area contributed by atoms with E-state index in [1.165, 1.54) is 0 Å². The number of amides is 1. The van der Waals surface area contributed by atoms with Crippen LogP contribution >= 0.6 is 23.4 Å². The van der Waals surface area contributed by atoms with Gasteiger partial charge in [0.2, 0.25) is 5.91 Å². The van der Waals surface area contributed by atoms with Gasteiger partial charge in [0, 0.05) is 11.8 Å². The number of rotatable bonds is 6. The Labute approximate surface area is 117 Å². The molecule has 1 amide bonds. The maximum absolute atomic E-state index is 11.7. The Bertz CT molecular complexity index is 412. The molecule has 1 rings (SSSR count). The van der Waals surface area contributed by atoms with Gasteiger partial charge in [-0.05, 0) is 31.0 Å². The lowest BCUT2D eigenvalue weighted by Crippen LogP contribution is -2.23. The summed E-state index contributed by atoms with van der Waals surface area (Å²) in [6.07, 6.45) is 0.929.